The van der Waals surface area contributed by atoms with Gasteiger partial charge in [-0.3, -0.25) is 4.79 Å². The second-order valence-electron chi connectivity index (χ2n) is 4.05. The van der Waals surface area contributed by atoms with E-state index in [2.05, 4.69) is 17.1 Å². The van der Waals surface area contributed by atoms with Crippen molar-refractivity contribution >= 4 is 5.91 Å². The summed E-state index contributed by atoms with van der Waals surface area (Å²) in [4.78, 5) is 13.7. The van der Waals surface area contributed by atoms with E-state index in [1.54, 1.807) is 7.05 Å². The van der Waals surface area contributed by atoms with Crippen LogP contribution in [0, 0.1) is 5.41 Å². The topological polar surface area (TPSA) is 32.3 Å². The molecule has 0 spiro atoms. The van der Waals surface area contributed by atoms with Crippen molar-refractivity contribution in [3.63, 3.8) is 0 Å². The molecule has 0 aromatic carbocycles. The van der Waals surface area contributed by atoms with Crippen LogP contribution >= 0.6 is 0 Å². The molecule has 1 N–H and O–H groups in total. The Morgan fingerprint density at radius 3 is 2.31 bits per heavy atom. The fourth-order valence-electron chi connectivity index (χ4n) is 1.22. The first-order valence-corrected chi connectivity index (χ1v) is 4.83. The van der Waals surface area contributed by atoms with Gasteiger partial charge in [0.2, 0.25) is 5.91 Å². The molecule has 1 amide bonds. The SMILES string of the molecule is CCC(C)(CCN(C)C)C(=O)NC. The van der Waals surface area contributed by atoms with E-state index in [4.69, 9.17) is 0 Å². The molecule has 0 saturated heterocycles. The second-order valence-corrected chi connectivity index (χ2v) is 4.05. The van der Waals surface area contributed by atoms with Crippen molar-refractivity contribution < 1.29 is 4.79 Å². The number of nitrogens with zero attached hydrogens (tertiary/aromatic N) is 1. The van der Waals surface area contributed by atoms with Gasteiger partial charge in [-0.1, -0.05) is 13.8 Å². The van der Waals surface area contributed by atoms with Crippen molar-refractivity contribution in [1.29, 1.82) is 0 Å². The molecule has 0 aliphatic rings. The third kappa shape index (κ3) is 3.77. The van der Waals surface area contributed by atoms with E-state index >= 15 is 0 Å². The van der Waals surface area contributed by atoms with Crippen molar-refractivity contribution in [2.24, 2.45) is 5.41 Å². The highest BCUT2D eigenvalue weighted by molar-refractivity contribution is 5.81. The first-order chi connectivity index (χ1) is 5.96. The Kier molecular flexibility index (Phi) is 4.99. The van der Waals surface area contributed by atoms with Crippen LogP contribution in [0.3, 0.4) is 0 Å². The third-order valence-corrected chi connectivity index (χ3v) is 2.67. The maximum Gasteiger partial charge on any atom is 0.225 e. The lowest BCUT2D eigenvalue weighted by atomic mass is 9.83. The van der Waals surface area contributed by atoms with Crippen molar-refractivity contribution in [1.82, 2.24) is 10.2 Å². The Morgan fingerprint density at radius 1 is 1.46 bits per heavy atom. The fourth-order valence-corrected chi connectivity index (χ4v) is 1.22. The quantitative estimate of drug-likeness (QED) is 0.697. The Balaban J connectivity index is 4.19. The molecule has 13 heavy (non-hydrogen) atoms. The van der Waals surface area contributed by atoms with Crippen LogP contribution in [0.4, 0.5) is 0 Å². The Labute approximate surface area is 81.5 Å². The molecule has 0 aromatic heterocycles. The molecule has 0 radical (unpaired) electrons. The molecule has 0 heterocycles. The van der Waals surface area contributed by atoms with Gasteiger partial charge < -0.3 is 10.2 Å². The number of carbonyl (C=O) groups excluding carboxylic acids is 1. The average Bonchev–Trinajstić information content (AvgIpc) is 2.12. The number of hydrogen-bond acceptors (Lipinski definition) is 2. The van der Waals surface area contributed by atoms with Crippen LogP contribution in [0.25, 0.3) is 0 Å². The van der Waals surface area contributed by atoms with Gasteiger partial charge in [0.05, 0.1) is 0 Å². The molecule has 78 valence electrons. The summed E-state index contributed by atoms with van der Waals surface area (Å²) in [6, 6.07) is 0. The summed E-state index contributed by atoms with van der Waals surface area (Å²) >= 11 is 0. The summed E-state index contributed by atoms with van der Waals surface area (Å²) in [6.07, 6.45) is 1.80. The normalized spacial score (nSPS) is 15.5. The highest BCUT2D eigenvalue weighted by Gasteiger charge is 2.29. The lowest BCUT2D eigenvalue weighted by Crippen LogP contribution is -2.38. The minimum absolute atomic E-state index is 0.150. The Morgan fingerprint density at radius 2 is 2.00 bits per heavy atom. The summed E-state index contributed by atoms with van der Waals surface area (Å²) in [6.45, 7) is 5.04. The standard InChI is InChI=1S/C10H22N2O/c1-6-10(2,9(13)11-3)7-8-12(4)5/h6-8H2,1-5H3,(H,11,13). The zero-order valence-electron chi connectivity index (χ0n) is 9.48. The molecular weight excluding hydrogens is 164 g/mol. The van der Waals surface area contributed by atoms with E-state index in [9.17, 15) is 4.79 Å². The number of hydrogen-bond donors (Lipinski definition) is 1. The molecule has 1 unspecified atom stereocenters. The van der Waals surface area contributed by atoms with Crippen molar-refractivity contribution in [2.45, 2.75) is 26.7 Å². The largest absolute Gasteiger partial charge is 0.359 e. The van der Waals surface area contributed by atoms with Crippen molar-refractivity contribution in [2.75, 3.05) is 27.7 Å². The number of carbonyl (C=O) groups is 1. The first-order valence-electron chi connectivity index (χ1n) is 4.83. The molecule has 3 nitrogen and oxygen atoms in total. The van der Waals surface area contributed by atoms with Gasteiger partial charge in [-0.15, -0.1) is 0 Å². The molecule has 0 bridgehead atoms. The van der Waals surface area contributed by atoms with Gasteiger partial charge in [0.1, 0.15) is 0 Å². The van der Waals surface area contributed by atoms with Gasteiger partial charge in [-0.25, -0.2) is 0 Å². The van der Waals surface area contributed by atoms with E-state index in [0.29, 0.717) is 0 Å². The van der Waals surface area contributed by atoms with E-state index < -0.39 is 0 Å². The molecule has 1 atom stereocenters. The maximum atomic E-state index is 11.5. The van der Waals surface area contributed by atoms with Gasteiger partial charge in [0.15, 0.2) is 0 Å². The van der Waals surface area contributed by atoms with Crippen LogP contribution in [0.5, 0.6) is 0 Å². The van der Waals surface area contributed by atoms with Crippen LogP contribution in [0.15, 0.2) is 0 Å². The smallest absolute Gasteiger partial charge is 0.225 e. The first kappa shape index (κ1) is 12.4. The van der Waals surface area contributed by atoms with Gasteiger partial charge in [0.25, 0.3) is 0 Å². The van der Waals surface area contributed by atoms with Crippen LogP contribution in [0.1, 0.15) is 26.7 Å². The van der Waals surface area contributed by atoms with Crippen molar-refractivity contribution in [3.8, 4) is 0 Å². The fraction of sp³-hybridized carbons (Fsp3) is 0.900. The highest BCUT2D eigenvalue weighted by Crippen LogP contribution is 2.25. The summed E-state index contributed by atoms with van der Waals surface area (Å²) < 4.78 is 0. The predicted molar refractivity (Wildman–Crippen MR) is 55.6 cm³/mol. The molecule has 0 saturated carbocycles. The predicted octanol–water partition coefficient (Wildman–Crippen LogP) is 1.10. The maximum absolute atomic E-state index is 11.5. The minimum Gasteiger partial charge on any atom is -0.359 e. The monoisotopic (exact) mass is 186 g/mol. The Bertz CT molecular complexity index is 168. The minimum atomic E-state index is -0.209. The van der Waals surface area contributed by atoms with E-state index in [1.807, 2.05) is 21.0 Å². The van der Waals surface area contributed by atoms with E-state index in [-0.39, 0.29) is 11.3 Å². The average molecular weight is 186 g/mol. The molecular formula is C10H22N2O. The van der Waals surface area contributed by atoms with Crippen LogP contribution in [-0.4, -0.2) is 38.5 Å². The Hall–Kier alpha value is -0.570. The van der Waals surface area contributed by atoms with Gasteiger partial charge >= 0.3 is 0 Å². The van der Waals surface area contributed by atoms with Gasteiger partial charge in [0, 0.05) is 12.5 Å². The van der Waals surface area contributed by atoms with E-state index in [1.165, 1.54) is 0 Å². The molecule has 0 rings (SSSR count). The second kappa shape index (κ2) is 5.22. The van der Waals surface area contributed by atoms with Crippen LogP contribution < -0.4 is 5.32 Å². The van der Waals surface area contributed by atoms with Crippen LogP contribution in [-0.2, 0) is 4.79 Å². The summed E-state index contributed by atoms with van der Waals surface area (Å²) in [5.74, 6) is 0.150. The van der Waals surface area contributed by atoms with Crippen molar-refractivity contribution in [3.05, 3.63) is 0 Å². The summed E-state index contributed by atoms with van der Waals surface area (Å²) in [5.41, 5.74) is -0.209. The number of nitrogens with one attached hydrogen (secondary N) is 1. The molecule has 0 aliphatic heterocycles. The number of amides is 1. The molecule has 0 fully saturated rings. The highest BCUT2D eigenvalue weighted by atomic mass is 16.2. The zero-order chi connectivity index (χ0) is 10.5. The summed E-state index contributed by atoms with van der Waals surface area (Å²) in [5, 5.41) is 2.72. The lowest BCUT2D eigenvalue weighted by Gasteiger charge is -2.27. The summed E-state index contributed by atoms with van der Waals surface area (Å²) in [7, 11) is 5.76. The zero-order valence-corrected chi connectivity index (χ0v) is 9.48. The number of rotatable bonds is 5. The van der Waals surface area contributed by atoms with Gasteiger partial charge in [-0.05, 0) is 33.5 Å². The molecule has 3 heteroatoms. The third-order valence-electron chi connectivity index (χ3n) is 2.67. The molecule has 0 aromatic rings. The molecule has 0 aliphatic carbocycles. The lowest BCUT2D eigenvalue weighted by molar-refractivity contribution is -0.130. The van der Waals surface area contributed by atoms with Crippen LogP contribution in [0.2, 0.25) is 0 Å². The van der Waals surface area contributed by atoms with E-state index in [0.717, 1.165) is 19.4 Å². The van der Waals surface area contributed by atoms with Gasteiger partial charge in [-0.2, -0.15) is 0 Å².